The van der Waals surface area contributed by atoms with Crippen LogP contribution in [0.15, 0.2) is 0 Å². The Balaban J connectivity index is 2.20. The molecule has 0 saturated carbocycles. The van der Waals surface area contributed by atoms with Crippen molar-refractivity contribution in [1.29, 1.82) is 0 Å². The number of nitrogens with zero attached hydrogens (tertiary/aromatic N) is 1. The zero-order valence-corrected chi connectivity index (χ0v) is 11.5. The minimum absolute atomic E-state index is 0.0913. The second-order valence-corrected chi connectivity index (χ2v) is 5.28. The molecule has 1 aliphatic heterocycles. The van der Waals surface area contributed by atoms with Gasteiger partial charge in [-0.3, -0.25) is 24.1 Å². The molecule has 0 bridgehead atoms. The van der Waals surface area contributed by atoms with E-state index in [2.05, 4.69) is 5.32 Å². The lowest BCUT2D eigenvalue weighted by atomic mass is 10.1. The molecule has 1 aliphatic rings. The summed E-state index contributed by atoms with van der Waals surface area (Å²) in [6, 6.07) is 0. The molecule has 0 aliphatic carbocycles. The maximum Gasteiger partial charge on any atom is 0.232 e. The molecule has 3 N–H and O–H groups in total. The molecule has 8 heteroatoms. The zero-order chi connectivity index (χ0) is 14.4. The zero-order valence-electron chi connectivity index (χ0n) is 10.7. The largest absolute Gasteiger partial charge is 0.369 e. The Hall–Kier alpha value is -1.57. The van der Waals surface area contributed by atoms with Crippen LogP contribution in [0.1, 0.15) is 13.3 Å². The second kappa shape index (κ2) is 7.13. The van der Waals surface area contributed by atoms with Crippen LogP contribution in [0, 0.1) is 5.92 Å². The highest BCUT2D eigenvalue weighted by molar-refractivity contribution is 8.00. The summed E-state index contributed by atoms with van der Waals surface area (Å²) in [6.07, 6.45) is 0.237. The number of imide groups is 1. The van der Waals surface area contributed by atoms with Gasteiger partial charge in [0.25, 0.3) is 0 Å². The lowest BCUT2D eigenvalue weighted by Gasteiger charge is -2.14. The molecule has 0 spiro atoms. The monoisotopic (exact) mass is 287 g/mol. The van der Waals surface area contributed by atoms with Crippen molar-refractivity contribution in [3.05, 3.63) is 0 Å². The minimum Gasteiger partial charge on any atom is -0.369 e. The van der Waals surface area contributed by atoms with Gasteiger partial charge < -0.3 is 11.1 Å². The third-order valence-corrected chi connectivity index (χ3v) is 3.56. The first kappa shape index (κ1) is 15.5. The molecule has 106 valence electrons. The SMILES string of the molecule is C[C@@H]1CC(=O)N(CCNC(=O)CSCC(N)=O)C1=O. The van der Waals surface area contributed by atoms with Gasteiger partial charge in [-0.2, -0.15) is 0 Å². The van der Waals surface area contributed by atoms with Crippen molar-refractivity contribution in [2.45, 2.75) is 13.3 Å². The van der Waals surface area contributed by atoms with E-state index in [1.165, 1.54) is 4.90 Å². The van der Waals surface area contributed by atoms with Gasteiger partial charge in [-0.25, -0.2) is 0 Å². The number of amides is 4. The summed E-state index contributed by atoms with van der Waals surface area (Å²) >= 11 is 1.12. The predicted octanol–water partition coefficient (Wildman–Crippen LogP) is -1.28. The van der Waals surface area contributed by atoms with Crippen LogP contribution < -0.4 is 11.1 Å². The van der Waals surface area contributed by atoms with E-state index >= 15 is 0 Å². The number of nitrogens with one attached hydrogen (secondary N) is 1. The third-order valence-electron chi connectivity index (χ3n) is 2.60. The first-order valence-corrected chi connectivity index (χ1v) is 7.04. The molecule has 1 rings (SSSR count). The molecular formula is C11H17N3O4S. The number of carbonyl (C=O) groups is 4. The number of likely N-dealkylation sites (tertiary alicyclic amines) is 1. The summed E-state index contributed by atoms with van der Waals surface area (Å²) in [7, 11) is 0. The van der Waals surface area contributed by atoms with Crippen molar-refractivity contribution in [2.24, 2.45) is 11.7 Å². The predicted molar refractivity (Wildman–Crippen MR) is 70.0 cm³/mol. The van der Waals surface area contributed by atoms with Crippen molar-refractivity contribution in [3.63, 3.8) is 0 Å². The number of carbonyl (C=O) groups excluding carboxylic acids is 4. The van der Waals surface area contributed by atoms with Crippen molar-refractivity contribution in [3.8, 4) is 0 Å². The number of thioether (sulfide) groups is 1. The van der Waals surface area contributed by atoms with E-state index in [-0.39, 0.29) is 54.7 Å². The quantitative estimate of drug-likeness (QED) is 0.567. The number of rotatable bonds is 7. The van der Waals surface area contributed by atoms with Crippen molar-refractivity contribution >= 4 is 35.4 Å². The maximum atomic E-state index is 11.6. The standard InChI is InChI=1S/C11H17N3O4S/c1-7-4-10(17)14(11(7)18)3-2-13-9(16)6-19-5-8(12)15/h7H,2-6H2,1H3,(H2,12,15)(H,13,16)/t7-/m1/s1. The van der Waals surface area contributed by atoms with E-state index in [0.717, 1.165) is 11.8 Å². The van der Waals surface area contributed by atoms with Gasteiger partial charge in [0.2, 0.25) is 23.6 Å². The van der Waals surface area contributed by atoms with Gasteiger partial charge >= 0.3 is 0 Å². The molecule has 1 saturated heterocycles. The molecule has 0 unspecified atom stereocenters. The highest BCUT2D eigenvalue weighted by Crippen LogP contribution is 2.17. The van der Waals surface area contributed by atoms with Crippen LogP contribution in [0.3, 0.4) is 0 Å². The average Bonchev–Trinajstić information content (AvgIpc) is 2.55. The fourth-order valence-electron chi connectivity index (χ4n) is 1.69. The van der Waals surface area contributed by atoms with Crippen molar-refractivity contribution in [2.75, 3.05) is 24.6 Å². The number of primary amides is 1. The van der Waals surface area contributed by atoms with E-state index in [9.17, 15) is 19.2 Å². The number of hydrogen-bond acceptors (Lipinski definition) is 5. The summed E-state index contributed by atoms with van der Waals surface area (Å²) < 4.78 is 0. The Morgan fingerprint density at radius 1 is 1.42 bits per heavy atom. The van der Waals surface area contributed by atoms with E-state index in [0.29, 0.717) is 0 Å². The van der Waals surface area contributed by atoms with Crippen LogP contribution in [0.2, 0.25) is 0 Å². The lowest BCUT2D eigenvalue weighted by Crippen LogP contribution is -2.38. The number of hydrogen-bond donors (Lipinski definition) is 2. The van der Waals surface area contributed by atoms with Gasteiger partial charge in [0.15, 0.2) is 0 Å². The molecule has 19 heavy (non-hydrogen) atoms. The van der Waals surface area contributed by atoms with Gasteiger partial charge in [-0.15, -0.1) is 11.8 Å². The van der Waals surface area contributed by atoms with E-state index < -0.39 is 5.91 Å². The van der Waals surface area contributed by atoms with Crippen LogP contribution in [0.25, 0.3) is 0 Å². The molecule has 1 heterocycles. The van der Waals surface area contributed by atoms with Crippen molar-refractivity contribution < 1.29 is 19.2 Å². The van der Waals surface area contributed by atoms with Gasteiger partial charge in [0, 0.05) is 25.4 Å². The van der Waals surface area contributed by atoms with Crippen LogP contribution in [-0.4, -0.2) is 53.1 Å². The van der Waals surface area contributed by atoms with Crippen LogP contribution >= 0.6 is 11.8 Å². The highest BCUT2D eigenvalue weighted by Gasteiger charge is 2.34. The molecule has 0 radical (unpaired) electrons. The summed E-state index contributed by atoms with van der Waals surface area (Å²) in [5, 5.41) is 2.58. The fraction of sp³-hybridized carbons (Fsp3) is 0.636. The summed E-state index contributed by atoms with van der Waals surface area (Å²) in [4.78, 5) is 46.0. The van der Waals surface area contributed by atoms with Crippen LogP contribution in [-0.2, 0) is 19.2 Å². The van der Waals surface area contributed by atoms with E-state index in [1.54, 1.807) is 6.92 Å². The molecule has 4 amide bonds. The minimum atomic E-state index is -0.472. The molecular weight excluding hydrogens is 270 g/mol. The lowest BCUT2D eigenvalue weighted by molar-refractivity contribution is -0.139. The summed E-state index contributed by atoms with van der Waals surface area (Å²) in [5.41, 5.74) is 4.93. The highest BCUT2D eigenvalue weighted by atomic mass is 32.2. The average molecular weight is 287 g/mol. The molecule has 0 aromatic rings. The second-order valence-electron chi connectivity index (χ2n) is 4.30. The van der Waals surface area contributed by atoms with Gasteiger partial charge in [-0.05, 0) is 0 Å². The summed E-state index contributed by atoms with van der Waals surface area (Å²) in [6.45, 7) is 2.12. The van der Waals surface area contributed by atoms with Crippen molar-refractivity contribution in [1.82, 2.24) is 10.2 Å². The summed E-state index contributed by atoms with van der Waals surface area (Å²) in [5.74, 6) is -1.17. The van der Waals surface area contributed by atoms with E-state index in [1.807, 2.05) is 0 Å². The Morgan fingerprint density at radius 3 is 2.63 bits per heavy atom. The Kier molecular flexibility index (Phi) is 5.81. The Bertz CT molecular complexity index is 399. The molecule has 7 nitrogen and oxygen atoms in total. The maximum absolute atomic E-state index is 11.6. The Morgan fingerprint density at radius 2 is 2.11 bits per heavy atom. The molecule has 1 fully saturated rings. The fourth-order valence-corrected chi connectivity index (χ4v) is 2.28. The Labute approximate surface area is 115 Å². The third kappa shape index (κ3) is 4.90. The van der Waals surface area contributed by atoms with E-state index in [4.69, 9.17) is 5.73 Å². The van der Waals surface area contributed by atoms with Gasteiger partial charge in [0.05, 0.1) is 11.5 Å². The normalized spacial score (nSPS) is 18.8. The topological polar surface area (TPSA) is 110 Å². The number of nitrogens with two attached hydrogens (primary N) is 1. The molecule has 0 aromatic heterocycles. The first-order valence-electron chi connectivity index (χ1n) is 5.88. The van der Waals surface area contributed by atoms with Gasteiger partial charge in [-0.1, -0.05) is 6.92 Å². The molecule has 0 aromatic carbocycles. The van der Waals surface area contributed by atoms with Crippen LogP contribution in [0.5, 0.6) is 0 Å². The smallest absolute Gasteiger partial charge is 0.232 e. The first-order chi connectivity index (χ1) is 8.91. The molecule has 1 atom stereocenters. The van der Waals surface area contributed by atoms with Crippen LogP contribution in [0.4, 0.5) is 0 Å². The van der Waals surface area contributed by atoms with Gasteiger partial charge in [0.1, 0.15) is 0 Å².